The number of likely N-dealkylation sites (tertiary alicyclic amines) is 1. The molecule has 0 bridgehead atoms. The number of amides is 1. The first kappa shape index (κ1) is 22.9. The lowest BCUT2D eigenvalue weighted by molar-refractivity contribution is 0.0670. The molecule has 1 fully saturated rings. The van der Waals surface area contributed by atoms with E-state index in [2.05, 4.69) is 20.2 Å². The summed E-state index contributed by atoms with van der Waals surface area (Å²) in [5.74, 6) is 0.446. The molecule has 0 saturated carbocycles. The Kier molecular flexibility index (Phi) is 7.85. The maximum absolute atomic E-state index is 11.2. The number of aryl methyl sites for hydroxylation is 1. The van der Waals surface area contributed by atoms with Crippen molar-refractivity contribution in [2.24, 2.45) is 11.0 Å². The van der Waals surface area contributed by atoms with E-state index in [4.69, 9.17) is 20.8 Å². The third-order valence-electron chi connectivity index (χ3n) is 4.71. The van der Waals surface area contributed by atoms with Gasteiger partial charge in [-0.2, -0.15) is 0 Å². The Morgan fingerprint density at radius 3 is 2.66 bits per heavy atom. The van der Waals surface area contributed by atoms with E-state index in [0.29, 0.717) is 5.75 Å². The first-order valence-corrected chi connectivity index (χ1v) is 10.3. The first-order valence-electron chi connectivity index (χ1n) is 10.3. The second kappa shape index (κ2) is 11.0. The molecule has 1 saturated heterocycles. The number of ether oxygens (including phenoxy) is 1. The van der Waals surface area contributed by atoms with Gasteiger partial charge in [0.15, 0.2) is 5.75 Å². The van der Waals surface area contributed by atoms with Crippen molar-refractivity contribution in [1.82, 2.24) is 19.3 Å². The average Bonchev–Trinajstić information content (AvgIpc) is 3.22. The van der Waals surface area contributed by atoms with Crippen molar-refractivity contribution in [2.75, 3.05) is 13.1 Å². The third-order valence-corrected chi connectivity index (χ3v) is 4.71. The predicted octanol–water partition coefficient (Wildman–Crippen LogP) is 4.22. The van der Waals surface area contributed by atoms with Crippen LogP contribution in [-0.4, -0.2) is 44.7 Å². The summed E-state index contributed by atoms with van der Waals surface area (Å²) in [5.41, 5.74) is 17.0. The van der Waals surface area contributed by atoms with Crippen LogP contribution in [0.4, 0.5) is 4.79 Å². The van der Waals surface area contributed by atoms with Crippen LogP contribution < -0.4 is 10.6 Å². The second-order valence-electron chi connectivity index (χ2n) is 7.34. The smallest absolute Gasteiger partial charge is 0.411 e. The summed E-state index contributed by atoms with van der Waals surface area (Å²) < 4.78 is 6.66. The van der Waals surface area contributed by atoms with E-state index in [1.807, 2.05) is 25.3 Å². The van der Waals surface area contributed by atoms with Crippen molar-refractivity contribution in [3.8, 4) is 17.0 Å². The third kappa shape index (κ3) is 6.34. The van der Waals surface area contributed by atoms with E-state index in [0.717, 1.165) is 48.5 Å². The molecule has 3 aromatic heterocycles. The monoisotopic (exact) mass is 438 g/mol. The molecule has 0 spiro atoms. The van der Waals surface area contributed by atoms with Crippen LogP contribution in [0.15, 0.2) is 48.1 Å². The Hall–Kier alpha value is -3.82. The number of azide groups is 1. The van der Waals surface area contributed by atoms with Crippen LogP contribution in [0.5, 0.6) is 5.75 Å². The van der Waals surface area contributed by atoms with E-state index in [9.17, 15) is 4.79 Å². The van der Waals surface area contributed by atoms with Crippen molar-refractivity contribution in [2.45, 2.75) is 39.3 Å². The zero-order chi connectivity index (χ0) is 22.9. The molecule has 0 aromatic carbocycles. The van der Waals surface area contributed by atoms with Gasteiger partial charge in [-0.15, -0.1) is 0 Å². The van der Waals surface area contributed by atoms with Gasteiger partial charge in [0.1, 0.15) is 17.2 Å². The van der Waals surface area contributed by atoms with Gasteiger partial charge in [-0.25, -0.2) is 9.78 Å². The average molecular weight is 438 g/mol. The Labute approximate surface area is 185 Å². The van der Waals surface area contributed by atoms with Crippen LogP contribution in [0.2, 0.25) is 0 Å². The van der Waals surface area contributed by atoms with E-state index in [-0.39, 0.29) is 6.09 Å². The summed E-state index contributed by atoms with van der Waals surface area (Å²) in [7, 11) is 0. The molecule has 11 nitrogen and oxygen atoms in total. The number of nitrogens with two attached hydrogens (primary N) is 1. The van der Waals surface area contributed by atoms with Crippen LogP contribution >= 0.6 is 0 Å². The normalized spacial score (nSPS) is 14.0. The van der Waals surface area contributed by atoms with Crippen molar-refractivity contribution in [1.29, 1.82) is 0 Å². The van der Waals surface area contributed by atoms with Crippen LogP contribution in [0, 0.1) is 6.92 Å². The Morgan fingerprint density at radius 2 is 2.00 bits per heavy atom. The Bertz CT molecular complexity index is 1080. The number of piperidine rings is 1. The predicted molar refractivity (Wildman–Crippen MR) is 118 cm³/mol. The second-order valence-corrected chi connectivity index (χ2v) is 7.34. The molecule has 3 aromatic rings. The maximum atomic E-state index is 11.2. The number of fused-ring (bicyclic) bond motifs is 1. The summed E-state index contributed by atoms with van der Waals surface area (Å²) in [6, 6.07) is 7.39. The molecule has 0 aliphatic carbocycles. The minimum atomic E-state index is -0.501. The fraction of sp³-hybridized carbons (Fsp3) is 0.381. The molecule has 1 amide bonds. The molecular weight excluding hydrogens is 412 g/mol. The number of rotatable bonds is 4. The number of aromatic nitrogens is 3. The van der Waals surface area contributed by atoms with Gasteiger partial charge < -0.3 is 18.9 Å². The first-order chi connectivity index (χ1) is 15.5. The van der Waals surface area contributed by atoms with E-state index >= 15 is 0 Å². The Morgan fingerprint density at radius 1 is 1.22 bits per heavy atom. The van der Waals surface area contributed by atoms with Gasteiger partial charge in [-0.05, 0) is 62.9 Å². The number of hydrogen-bond donors (Lipinski definition) is 1. The number of hydrogen-bond acceptors (Lipinski definition) is 7. The number of nitrogens with zero attached hydrogens (tertiary/aromatic N) is 7. The van der Waals surface area contributed by atoms with Crippen molar-refractivity contribution in [3.05, 3.63) is 59.0 Å². The zero-order valence-electron chi connectivity index (χ0n) is 18.1. The molecule has 168 valence electrons. The lowest BCUT2D eigenvalue weighted by atomic mass is 10.1. The minimum Gasteiger partial charge on any atom is -0.431 e. The molecule has 4 rings (SSSR count). The molecule has 0 radical (unpaired) electrons. The molecule has 32 heavy (non-hydrogen) atoms. The Balaban J connectivity index is 0.000000207. The fourth-order valence-electron chi connectivity index (χ4n) is 3.16. The largest absolute Gasteiger partial charge is 0.431 e. The zero-order valence-corrected chi connectivity index (χ0v) is 18.1. The van der Waals surface area contributed by atoms with Crippen molar-refractivity contribution in [3.63, 3.8) is 0 Å². The molecule has 1 atom stereocenters. The molecule has 2 N–H and O–H groups in total. The van der Waals surface area contributed by atoms with Gasteiger partial charge in [0.25, 0.3) is 0 Å². The SMILES string of the molecule is CC(N)OC(=O)N1CCCCC1.Cc1ccc(-c2cn3cc(ON=[N+]=[N-])ccc3n2)cn1. The fourth-order valence-corrected chi connectivity index (χ4v) is 3.16. The van der Waals surface area contributed by atoms with Crippen LogP contribution in [0.25, 0.3) is 27.3 Å². The van der Waals surface area contributed by atoms with Crippen LogP contribution in [-0.2, 0) is 4.74 Å². The van der Waals surface area contributed by atoms with E-state index in [1.165, 1.54) is 6.42 Å². The van der Waals surface area contributed by atoms with Gasteiger partial charge >= 0.3 is 6.09 Å². The number of imidazole rings is 1. The van der Waals surface area contributed by atoms with Gasteiger partial charge in [0.2, 0.25) is 0 Å². The van der Waals surface area contributed by atoms with Crippen molar-refractivity contribution >= 4 is 11.7 Å². The molecule has 4 heterocycles. The maximum Gasteiger partial charge on any atom is 0.411 e. The number of carbonyl (C=O) groups is 1. The van der Waals surface area contributed by atoms with E-state index < -0.39 is 6.23 Å². The highest BCUT2D eigenvalue weighted by atomic mass is 16.6. The van der Waals surface area contributed by atoms with E-state index in [1.54, 1.807) is 40.8 Å². The highest BCUT2D eigenvalue weighted by Crippen LogP contribution is 2.21. The quantitative estimate of drug-likeness (QED) is 0.212. The molecular formula is C21H26N8O3. The van der Waals surface area contributed by atoms with Crippen LogP contribution in [0.3, 0.4) is 0 Å². The highest BCUT2D eigenvalue weighted by molar-refractivity contribution is 5.67. The summed E-state index contributed by atoms with van der Waals surface area (Å²) in [6.07, 6.45) is 7.94. The number of pyridine rings is 2. The van der Waals surface area contributed by atoms with Gasteiger partial charge in [-0.1, -0.05) is 0 Å². The lowest BCUT2D eigenvalue weighted by Gasteiger charge is -2.26. The van der Waals surface area contributed by atoms with Crippen molar-refractivity contribution < 1.29 is 14.4 Å². The molecule has 11 heteroatoms. The standard InChI is InChI=1S/C13H10N6O.C8H16N2O2/c1-9-2-3-10(6-15-9)12-8-19-7-11(20-18-17-14)4-5-13(19)16-12;1-7(9)12-8(11)10-5-3-2-4-6-10/h2-8H,1H3;7H,2-6,9H2,1H3. The molecule has 1 aliphatic rings. The lowest BCUT2D eigenvalue weighted by Crippen LogP contribution is -2.39. The highest BCUT2D eigenvalue weighted by Gasteiger charge is 2.18. The molecule has 1 unspecified atom stereocenters. The summed E-state index contributed by atoms with van der Waals surface area (Å²) >= 11 is 0. The van der Waals surface area contributed by atoms with Gasteiger partial charge in [0, 0.05) is 41.7 Å². The molecule has 1 aliphatic heterocycles. The topological polar surface area (TPSA) is 144 Å². The van der Waals surface area contributed by atoms with Gasteiger partial charge in [-0.3, -0.25) is 10.7 Å². The summed E-state index contributed by atoms with van der Waals surface area (Å²) in [5, 5.41) is 3.06. The van der Waals surface area contributed by atoms with Crippen LogP contribution in [0.1, 0.15) is 31.9 Å². The van der Waals surface area contributed by atoms with Gasteiger partial charge in [0.05, 0.1) is 11.9 Å². The minimum absolute atomic E-state index is 0.273. The number of carbonyl (C=O) groups excluding carboxylic acids is 1. The summed E-state index contributed by atoms with van der Waals surface area (Å²) in [4.78, 5) is 29.1. The summed E-state index contributed by atoms with van der Waals surface area (Å²) in [6.45, 7) is 5.21.